The molecule has 0 spiro atoms. The summed E-state index contributed by atoms with van der Waals surface area (Å²) in [7, 11) is 0. The largest absolute Gasteiger partial charge is 0.367 e. The second-order valence-corrected chi connectivity index (χ2v) is 6.87. The van der Waals surface area contributed by atoms with E-state index in [1.807, 2.05) is 24.3 Å². The summed E-state index contributed by atoms with van der Waals surface area (Å²) in [5, 5.41) is 0.742. The van der Waals surface area contributed by atoms with Crippen molar-refractivity contribution in [1.82, 2.24) is 4.90 Å². The van der Waals surface area contributed by atoms with Crippen molar-refractivity contribution in [3.63, 3.8) is 0 Å². The van der Waals surface area contributed by atoms with E-state index < -0.39 is 12.0 Å². The zero-order valence-electron chi connectivity index (χ0n) is 12.0. The van der Waals surface area contributed by atoms with Gasteiger partial charge in [-0.2, -0.15) is 0 Å². The molecule has 1 saturated heterocycles. The number of hydrogen-bond acceptors (Lipinski definition) is 4. The molecule has 1 aliphatic rings. The molecule has 0 bridgehead atoms. The van der Waals surface area contributed by atoms with Crippen molar-refractivity contribution < 1.29 is 9.53 Å². The number of thiophene rings is 1. The van der Waals surface area contributed by atoms with Gasteiger partial charge in [-0.25, -0.2) is 0 Å². The highest BCUT2D eigenvalue weighted by atomic mass is 35.5. The first kappa shape index (κ1) is 15.5. The Hall–Kier alpha value is -1.40. The number of morpholine rings is 1. The van der Waals surface area contributed by atoms with Crippen LogP contribution in [0.4, 0.5) is 0 Å². The zero-order chi connectivity index (χ0) is 15.5. The Kier molecular flexibility index (Phi) is 4.78. The van der Waals surface area contributed by atoms with Gasteiger partial charge in [0.2, 0.25) is 5.91 Å². The van der Waals surface area contributed by atoms with Crippen molar-refractivity contribution >= 4 is 28.8 Å². The fraction of sp³-hybridized carbons (Fsp3) is 0.312. The van der Waals surface area contributed by atoms with Crippen molar-refractivity contribution in [1.29, 1.82) is 0 Å². The molecule has 1 fully saturated rings. The predicted octanol–water partition coefficient (Wildman–Crippen LogP) is 2.75. The molecule has 1 aromatic heterocycles. The molecule has 2 heterocycles. The van der Waals surface area contributed by atoms with E-state index >= 15 is 0 Å². The summed E-state index contributed by atoms with van der Waals surface area (Å²) in [6, 6.07) is 12.1. The van der Waals surface area contributed by atoms with Crippen LogP contribution in [0, 0.1) is 0 Å². The molecule has 22 heavy (non-hydrogen) atoms. The molecule has 4 nitrogen and oxygen atoms in total. The van der Waals surface area contributed by atoms with Crippen molar-refractivity contribution in [2.75, 3.05) is 19.7 Å². The van der Waals surface area contributed by atoms with Crippen LogP contribution in [0.1, 0.15) is 4.88 Å². The molecule has 3 rings (SSSR count). The number of carbonyl (C=O) groups is 1. The first-order valence-electron chi connectivity index (χ1n) is 7.10. The van der Waals surface area contributed by atoms with Crippen LogP contribution in [0.5, 0.6) is 0 Å². The summed E-state index contributed by atoms with van der Waals surface area (Å²) < 4.78 is 5.37. The van der Waals surface area contributed by atoms with Crippen LogP contribution in [-0.2, 0) is 16.1 Å². The van der Waals surface area contributed by atoms with Gasteiger partial charge in [-0.15, -0.1) is 11.3 Å². The van der Waals surface area contributed by atoms with E-state index in [1.54, 1.807) is 11.3 Å². The smallest absolute Gasteiger partial charge is 0.247 e. The molecule has 116 valence electrons. The number of halogens is 1. The van der Waals surface area contributed by atoms with Crippen molar-refractivity contribution in [2.45, 2.75) is 12.6 Å². The Bertz CT molecular complexity index is 656. The van der Waals surface area contributed by atoms with Gasteiger partial charge in [0.15, 0.2) is 0 Å². The van der Waals surface area contributed by atoms with Gasteiger partial charge in [0.1, 0.15) is 6.10 Å². The van der Waals surface area contributed by atoms with E-state index in [4.69, 9.17) is 22.1 Å². The third-order valence-electron chi connectivity index (χ3n) is 3.64. The molecule has 0 radical (unpaired) electrons. The van der Waals surface area contributed by atoms with E-state index in [0.29, 0.717) is 13.2 Å². The lowest BCUT2D eigenvalue weighted by atomic mass is 10.2. The van der Waals surface area contributed by atoms with E-state index in [-0.39, 0.29) is 0 Å². The SMILES string of the molecule is NC(=O)C1CN(Cc2ccc(-c3ccc(Cl)cc3)s2)CCO1. The molecule has 6 heteroatoms. The molecular weight excluding hydrogens is 320 g/mol. The number of amides is 1. The number of nitrogens with zero attached hydrogens (tertiary/aromatic N) is 1. The van der Waals surface area contributed by atoms with Gasteiger partial charge >= 0.3 is 0 Å². The normalized spacial score (nSPS) is 19.2. The number of ether oxygens (including phenoxy) is 1. The number of hydrogen-bond donors (Lipinski definition) is 1. The highest BCUT2D eigenvalue weighted by molar-refractivity contribution is 7.15. The molecule has 1 aliphatic heterocycles. The van der Waals surface area contributed by atoms with Crippen LogP contribution in [0.2, 0.25) is 5.02 Å². The lowest BCUT2D eigenvalue weighted by Gasteiger charge is -2.30. The minimum Gasteiger partial charge on any atom is -0.367 e. The van der Waals surface area contributed by atoms with Crippen LogP contribution >= 0.6 is 22.9 Å². The van der Waals surface area contributed by atoms with E-state index in [1.165, 1.54) is 9.75 Å². The van der Waals surface area contributed by atoms with Crippen LogP contribution in [0.3, 0.4) is 0 Å². The molecule has 1 unspecified atom stereocenters. The summed E-state index contributed by atoms with van der Waals surface area (Å²) in [5.74, 6) is -0.391. The highest BCUT2D eigenvalue weighted by Gasteiger charge is 2.24. The number of rotatable bonds is 4. The maximum atomic E-state index is 11.2. The Morgan fingerprint density at radius 1 is 1.32 bits per heavy atom. The molecule has 0 saturated carbocycles. The van der Waals surface area contributed by atoms with Gasteiger partial charge in [0.25, 0.3) is 0 Å². The van der Waals surface area contributed by atoms with Crippen molar-refractivity contribution in [2.24, 2.45) is 5.73 Å². The monoisotopic (exact) mass is 336 g/mol. The van der Waals surface area contributed by atoms with Gasteiger partial charge in [0.05, 0.1) is 6.61 Å². The van der Waals surface area contributed by atoms with Crippen LogP contribution in [0.15, 0.2) is 36.4 Å². The molecule has 0 aliphatic carbocycles. The third kappa shape index (κ3) is 3.67. The summed E-state index contributed by atoms with van der Waals surface area (Å²) in [5.41, 5.74) is 6.48. The second-order valence-electron chi connectivity index (χ2n) is 5.27. The molecule has 2 N–H and O–H groups in total. The Morgan fingerprint density at radius 3 is 2.82 bits per heavy atom. The third-order valence-corrected chi connectivity index (χ3v) is 5.01. The van der Waals surface area contributed by atoms with Gasteiger partial charge in [-0.05, 0) is 29.8 Å². The highest BCUT2D eigenvalue weighted by Crippen LogP contribution is 2.30. The lowest BCUT2D eigenvalue weighted by Crippen LogP contribution is -2.47. The first-order valence-corrected chi connectivity index (χ1v) is 8.29. The fourth-order valence-electron chi connectivity index (χ4n) is 2.47. The van der Waals surface area contributed by atoms with Gasteiger partial charge < -0.3 is 10.5 Å². The Labute approximate surface area is 138 Å². The number of benzene rings is 1. The lowest BCUT2D eigenvalue weighted by molar-refractivity contribution is -0.135. The number of primary amides is 1. The average Bonchev–Trinajstić information content (AvgIpc) is 2.96. The Balaban J connectivity index is 1.66. The zero-order valence-corrected chi connectivity index (χ0v) is 13.6. The number of nitrogens with two attached hydrogens (primary N) is 1. The average molecular weight is 337 g/mol. The minimum absolute atomic E-state index is 0.391. The van der Waals surface area contributed by atoms with Crippen molar-refractivity contribution in [3.05, 3.63) is 46.3 Å². The van der Waals surface area contributed by atoms with Crippen molar-refractivity contribution in [3.8, 4) is 10.4 Å². The van der Waals surface area contributed by atoms with Crippen LogP contribution in [0.25, 0.3) is 10.4 Å². The van der Waals surface area contributed by atoms with Crippen LogP contribution < -0.4 is 5.73 Å². The van der Waals surface area contributed by atoms with Crippen LogP contribution in [-0.4, -0.2) is 36.6 Å². The second kappa shape index (κ2) is 6.79. The molecule has 1 atom stereocenters. The van der Waals surface area contributed by atoms with E-state index in [2.05, 4.69) is 17.0 Å². The fourth-order valence-corrected chi connectivity index (χ4v) is 3.65. The molecule has 1 amide bonds. The maximum Gasteiger partial charge on any atom is 0.247 e. The maximum absolute atomic E-state index is 11.2. The topological polar surface area (TPSA) is 55.6 Å². The van der Waals surface area contributed by atoms with Gasteiger partial charge in [0, 0.05) is 34.4 Å². The molecular formula is C16H17ClN2O2S. The summed E-state index contributed by atoms with van der Waals surface area (Å²) in [6.45, 7) is 2.73. The standard InChI is InChI=1S/C16H17ClN2O2S/c17-12-3-1-11(2-4-12)15-6-5-13(22-15)9-19-7-8-21-14(10-19)16(18)20/h1-6,14H,7-10H2,(H2,18,20). The van der Waals surface area contributed by atoms with Gasteiger partial charge in [-0.1, -0.05) is 23.7 Å². The Morgan fingerprint density at radius 2 is 2.09 bits per heavy atom. The van der Waals surface area contributed by atoms with E-state index in [0.717, 1.165) is 23.7 Å². The minimum atomic E-state index is -0.496. The number of carbonyl (C=O) groups excluding carboxylic acids is 1. The van der Waals surface area contributed by atoms with Gasteiger partial charge in [-0.3, -0.25) is 9.69 Å². The molecule has 1 aromatic carbocycles. The first-order chi connectivity index (χ1) is 10.6. The summed E-state index contributed by atoms with van der Waals surface area (Å²) in [6.07, 6.45) is -0.496. The summed E-state index contributed by atoms with van der Waals surface area (Å²) in [4.78, 5) is 15.9. The van der Waals surface area contributed by atoms with E-state index in [9.17, 15) is 4.79 Å². The predicted molar refractivity (Wildman–Crippen MR) is 89.0 cm³/mol. The molecule has 2 aromatic rings. The summed E-state index contributed by atoms with van der Waals surface area (Å²) >= 11 is 7.67. The quantitative estimate of drug-likeness (QED) is 0.934.